The molecule has 0 radical (unpaired) electrons. The number of nitrogens with one attached hydrogen (secondary N) is 1. The molecule has 3 rings (SSSR count). The number of aryl methyl sites for hydroxylation is 1. The molecule has 0 amide bonds. The third-order valence-corrected chi connectivity index (χ3v) is 3.43. The zero-order valence-electron chi connectivity index (χ0n) is 11.7. The SMILES string of the molecule is CCn1ncnc1COc1cccc(CNC2CC2)c1. The first-order valence-electron chi connectivity index (χ1n) is 7.17. The zero-order valence-corrected chi connectivity index (χ0v) is 11.7. The summed E-state index contributed by atoms with van der Waals surface area (Å²) in [7, 11) is 0. The van der Waals surface area contributed by atoms with E-state index >= 15 is 0 Å². The predicted octanol–water partition coefficient (Wildman–Crippen LogP) is 2.13. The summed E-state index contributed by atoms with van der Waals surface area (Å²) in [5.74, 6) is 1.74. The summed E-state index contributed by atoms with van der Waals surface area (Å²) in [5, 5.41) is 7.64. The van der Waals surface area contributed by atoms with Gasteiger partial charge in [0, 0.05) is 19.1 Å². The van der Waals surface area contributed by atoms with E-state index in [4.69, 9.17) is 4.74 Å². The Morgan fingerprint density at radius 2 is 2.30 bits per heavy atom. The van der Waals surface area contributed by atoms with Gasteiger partial charge in [-0.15, -0.1) is 0 Å². The van der Waals surface area contributed by atoms with E-state index in [1.165, 1.54) is 18.4 Å². The Kier molecular flexibility index (Phi) is 3.97. The van der Waals surface area contributed by atoms with Gasteiger partial charge in [0.15, 0.2) is 5.82 Å². The van der Waals surface area contributed by atoms with E-state index in [9.17, 15) is 0 Å². The molecule has 0 bridgehead atoms. The Morgan fingerprint density at radius 1 is 1.40 bits per heavy atom. The highest BCUT2D eigenvalue weighted by molar-refractivity contribution is 5.28. The minimum absolute atomic E-state index is 0.452. The molecule has 0 spiro atoms. The highest BCUT2D eigenvalue weighted by Crippen LogP contribution is 2.20. The van der Waals surface area contributed by atoms with Gasteiger partial charge >= 0.3 is 0 Å². The van der Waals surface area contributed by atoms with Crippen molar-refractivity contribution >= 4 is 0 Å². The van der Waals surface area contributed by atoms with Gasteiger partial charge in [-0.25, -0.2) is 9.67 Å². The minimum atomic E-state index is 0.452. The highest BCUT2D eigenvalue weighted by Gasteiger charge is 2.19. The third kappa shape index (κ3) is 3.36. The average Bonchev–Trinajstić information content (AvgIpc) is 3.20. The van der Waals surface area contributed by atoms with Crippen molar-refractivity contribution in [2.45, 2.75) is 45.5 Å². The Bertz CT molecular complexity index is 563. The molecule has 106 valence electrons. The molecule has 1 aromatic heterocycles. The molecule has 1 aliphatic carbocycles. The van der Waals surface area contributed by atoms with Gasteiger partial charge in [-0.3, -0.25) is 0 Å². The molecule has 5 heteroatoms. The quantitative estimate of drug-likeness (QED) is 0.839. The van der Waals surface area contributed by atoms with E-state index in [1.54, 1.807) is 6.33 Å². The monoisotopic (exact) mass is 272 g/mol. The van der Waals surface area contributed by atoms with E-state index in [0.29, 0.717) is 6.61 Å². The van der Waals surface area contributed by atoms with Crippen LogP contribution in [0.2, 0.25) is 0 Å². The van der Waals surface area contributed by atoms with Crippen LogP contribution in [0.4, 0.5) is 0 Å². The minimum Gasteiger partial charge on any atom is -0.486 e. The zero-order chi connectivity index (χ0) is 13.8. The van der Waals surface area contributed by atoms with E-state index in [-0.39, 0.29) is 0 Å². The third-order valence-electron chi connectivity index (χ3n) is 3.43. The molecule has 1 aromatic carbocycles. The lowest BCUT2D eigenvalue weighted by molar-refractivity contribution is 0.287. The van der Waals surface area contributed by atoms with Crippen LogP contribution in [0.15, 0.2) is 30.6 Å². The summed E-state index contributed by atoms with van der Waals surface area (Å²) in [6.07, 6.45) is 4.18. The number of ether oxygens (including phenoxy) is 1. The van der Waals surface area contributed by atoms with Gasteiger partial charge in [-0.2, -0.15) is 5.10 Å². The molecule has 1 heterocycles. The van der Waals surface area contributed by atoms with Gasteiger partial charge in [0.2, 0.25) is 0 Å². The average molecular weight is 272 g/mol. The molecule has 0 unspecified atom stereocenters. The molecule has 1 fully saturated rings. The standard InChI is InChI=1S/C15H20N4O/c1-2-19-15(17-11-18-19)10-20-14-5-3-4-12(8-14)9-16-13-6-7-13/h3-5,8,11,13,16H,2,6-7,9-10H2,1H3. The van der Waals surface area contributed by atoms with Gasteiger partial charge in [0.1, 0.15) is 18.7 Å². The fourth-order valence-corrected chi connectivity index (χ4v) is 2.11. The molecule has 20 heavy (non-hydrogen) atoms. The van der Waals surface area contributed by atoms with Gasteiger partial charge < -0.3 is 10.1 Å². The first-order chi connectivity index (χ1) is 9.85. The number of rotatable bonds is 7. The van der Waals surface area contributed by atoms with Crippen LogP contribution in [0.3, 0.4) is 0 Å². The van der Waals surface area contributed by atoms with Crippen LogP contribution in [-0.4, -0.2) is 20.8 Å². The fourth-order valence-electron chi connectivity index (χ4n) is 2.11. The molecule has 5 nitrogen and oxygen atoms in total. The second-order valence-electron chi connectivity index (χ2n) is 5.08. The molecular weight excluding hydrogens is 252 g/mol. The van der Waals surface area contributed by atoms with Crippen molar-refractivity contribution in [3.63, 3.8) is 0 Å². The summed E-state index contributed by atoms with van der Waals surface area (Å²) in [5.41, 5.74) is 1.26. The normalized spacial score (nSPS) is 14.4. The van der Waals surface area contributed by atoms with E-state index < -0.39 is 0 Å². The van der Waals surface area contributed by atoms with Crippen LogP contribution in [0.1, 0.15) is 31.2 Å². The van der Waals surface area contributed by atoms with Gasteiger partial charge in [-0.05, 0) is 37.5 Å². The fraction of sp³-hybridized carbons (Fsp3) is 0.467. The number of nitrogens with zero attached hydrogens (tertiary/aromatic N) is 3. The van der Waals surface area contributed by atoms with Crippen molar-refractivity contribution in [3.8, 4) is 5.75 Å². The lowest BCUT2D eigenvalue weighted by Crippen LogP contribution is -2.15. The maximum absolute atomic E-state index is 5.80. The largest absolute Gasteiger partial charge is 0.486 e. The Morgan fingerprint density at radius 3 is 3.10 bits per heavy atom. The Labute approximate surface area is 119 Å². The summed E-state index contributed by atoms with van der Waals surface area (Å²) >= 11 is 0. The number of hydrogen-bond acceptors (Lipinski definition) is 4. The predicted molar refractivity (Wildman–Crippen MR) is 76.3 cm³/mol. The van der Waals surface area contributed by atoms with E-state index in [1.807, 2.05) is 23.7 Å². The Balaban J connectivity index is 1.57. The highest BCUT2D eigenvalue weighted by atomic mass is 16.5. The van der Waals surface area contributed by atoms with Crippen molar-refractivity contribution in [2.75, 3.05) is 0 Å². The second kappa shape index (κ2) is 6.05. The maximum Gasteiger partial charge on any atom is 0.164 e. The van der Waals surface area contributed by atoms with Gasteiger partial charge in [-0.1, -0.05) is 12.1 Å². The van der Waals surface area contributed by atoms with Crippen molar-refractivity contribution < 1.29 is 4.74 Å². The second-order valence-corrected chi connectivity index (χ2v) is 5.08. The van der Waals surface area contributed by atoms with Crippen LogP contribution in [-0.2, 0) is 19.7 Å². The molecule has 1 saturated carbocycles. The van der Waals surface area contributed by atoms with E-state index in [0.717, 1.165) is 30.7 Å². The number of benzene rings is 1. The topological polar surface area (TPSA) is 52.0 Å². The van der Waals surface area contributed by atoms with Crippen LogP contribution >= 0.6 is 0 Å². The summed E-state index contributed by atoms with van der Waals surface area (Å²) in [6.45, 7) is 4.22. The molecule has 1 aliphatic rings. The van der Waals surface area contributed by atoms with Crippen molar-refractivity contribution in [1.29, 1.82) is 0 Å². The molecular formula is C15H20N4O. The van der Waals surface area contributed by atoms with Gasteiger partial charge in [0.05, 0.1) is 0 Å². The summed E-state index contributed by atoms with van der Waals surface area (Å²) in [6, 6.07) is 8.94. The van der Waals surface area contributed by atoms with Crippen LogP contribution < -0.4 is 10.1 Å². The van der Waals surface area contributed by atoms with Crippen LogP contribution in [0.25, 0.3) is 0 Å². The first-order valence-corrected chi connectivity index (χ1v) is 7.17. The molecule has 1 N–H and O–H groups in total. The van der Waals surface area contributed by atoms with E-state index in [2.05, 4.69) is 27.5 Å². The molecule has 0 aliphatic heterocycles. The van der Waals surface area contributed by atoms with Crippen LogP contribution in [0.5, 0.6) is 5.75 Å². The summed E-state index contributed by atoms with van der Waals surface area (Å²) < 4.78 is 7.65. The lowest BCUT2D eigenvalue weighted by Gasteiger charge is -2.09. The smallest absolute Gasteiger partial charge is 0.164 e. The number of hydrogen-bond donors (Lipinski definition) is 1. The van der Waals surface area contributed by atoms with Crippen molar-refractivity contribution in [1.82, 2.24) is 20.1 Å². The maximum atomic E-state index is 5.80. The lowest BCUT2D eigenvalue weighted by atomic mass is 10.2. The Hall–Kier alpha value is -1.88. The van der Waals surface area contributed by atoms with Crippen molar-refractivity contribution in [2.24, 2.45) is 0 Å². The molecule has 0 saturated heterocycles. The summed E-state index contributed by atoms with van der Waals surface area (Å²) in [4.78, 5) is 4.21. The first kappa shape index (κ1) is 13.1. The van der Waals surface area contributed by atoms with Crippen LogP contribution in [0, 0.1) is 0 Å². The molecule has 2 aromatic rings. The number of aromatic nitrogens is 3. The van der Waals surface area contributed by atoms with Gasteiger partial charge in [0.25, 0.3) is 0 Å². The molecule has 0 atom stereocenters. The van der Waals surface area contributed by atoms with Crippen molar-refractivity contribution in [3.05, 3.63) is 42.0 Å².